The number of aromatic nitrogens is 3. The molecule has 32 heavy (non-hydrogen) atoms. The first kappa shape index (κ1) is 22.5. The van der Waals surface area contributed by atoms with E-state index in [4.69, 9.17) is 21.4 Å². The zero-order valence-electron chi connectivity index (χ0n) is 18.3. The number of unbranched alkanes of at least 4 members (excludes halogenated alkanes) is 1. The molecule has 0 aliphatic carbocycles. The Morgan fingerprint density at radius 3 is 2.78 bits per heavy atom. The number of nitrogens with zero attached hydrogens (tertiary/aromatic N) is 3. The minimum Gasteiger partial charge on any atom is -0.466 e. The summed E-state index contributed by atoms with van der Waals surface area (Å²) < 4.78 is 7.14. The van der Waals surface area contributed by atoms with Gasteiger partial charge in [0.2, 0.25) is 0 Å². The number of aryl methyl sites for hydroxylation is 1. The highest BCUT2D eigenvalue weighted by molar-refractivity contribution is 7.13. The average Bonchev–Trinajstić information content (AvgIpc) is 3.46. The van der Waals surface area contributed by atoms with Gasteiger partial charge >= 0.3 is 5.97 Å². The van der Waals surface area contributed by atoms with Gasteiger partial charge in [0.15, 0.2) is 0 Å². The summed E-state index contributed by atoms with van der Waals surface area (Å²) in [5.74, 6) is -0.139. The SMILES string of the molecule is CCOC(=O)CCCCc1c(-c2cccs2)nn2c(CC)ccc2c1-c1ccnc(Cl)c1. The molecule has 0 unspecified atom stereocenters. The Hall–Kier alpha value is -2.70. The molecular formula is C25H26ClN3O2S. The zero-order valence-corrected chi connectivity index (χ0v) is 19.9. The predicted molar refractivity (Wildman–Crippen MR) is 130 cm³/mol. The molecule has 5 nitrogen and oxygen atoms in total. The van der Waals surface area contributed by atoms with Crippen molar-refractivity contribution in [3.63, 3.8) is 0 Å². The number of hydrogen-bond acceptors (Lipinski definition) is 5. The third kappa shape index (κ3) is 4.71. The fourth-order valence-corrected chi connectivity index (χ4v) is 4.93. The summed E-state index contributed by atoms with van der Waals surface area (Å²) in [6.07, 6.45) is 5.50. The molecule has 0 N–H and O–H groups in total. The maximum atomic E-state index is 11.8. The second kappa shape index (κ2) is 10.3. The van der Waals surface area contributed by atoms with Crippen LogP contribution >= 0.6 is 22.9 Å². The van der Waals surface area contributed by atoms with Crippen LogP contribution in [0.3, 0.4) is 0 Å². The third-order valence-corrected chi connectivity index (χ3v) is 6.56. The van der Waals surface area contributed by atoms with Crippen molar-refractivity contribution >= 4 is 34.4 Å². The third-order valence-electron chi connectivity index (χ3n) is 5.47. The maximum absolute atomic E-state index is 11.8. The molecule has 7 heteroatoms. The lowest BCUT2D eigenvalue weighted by molar-refractivity contribution is -0.143. The Kier molecular flexibility index (Phi) is 7.22. The van der Waals surface area contributed by atoms with Gasteiger partial charge in [0, 0.05) is 23.9 Å². The van der Waals surface area contributed by atoms with E-state index in [9.17, 15) is 4.79 Å². The smallest absolute Gasteiger partial charge is 0.305 e. The van der Waals surface area contributed by atoms with E-state index in [0.29, 0.717) is 18.2 Å². The monoisotopic (exact) mass is 467 g/mol. The summed E-state index contributed by atoms with van der Waals surface area (Å²) >= 11 is 7.96. The summed E-state index contributed by atoms with van der Waals surface area (Å²) in [7, 11) is 0. The molecule has 4 aromatic heterocycles. The van der Waals surface area contributed by atoms with Crippen LogP contribution < -0.4 is 0 Å². The lowest BCUT2D eigenvalue weighted by Gasteiger charge is -2.17. The first-order valence-electron chi connectivity index (χ1n) is 11.0. The standard InChI is InChI=1S/C25H26ClN3O2S/c1-3-18-11-12-20-24(17-13-14-27-22(26)16-17)19(8-5-6-10-23(30)31-4-2)25(28-29(18)20)21-9-7-15-32-21/h7,9,11-16H,3-6,8,10H2,1-2H3. The molecule has 0 bridgehead atoms. The Morgan fingerprint density at radius 2 is 2.06 bits per heavy atom. The molecule has 4 rings (SSSR count). The van der Waals surface area contributed by atoms with Crippen molar-refractivity contribution in [1.82, 2.24) is 14.6 Å². The van der Waals surface area contributed by atoms with E-state index in [2.05, 4.69) is 46.1 Å². The number of carbonyl (C=O) groups is 1. The minimum absolute atomic E-state index is 0.139. The van der Waals surface area contributed by atoms with Crippen molar-refractivity contribution in [3.8, 4) is 21.7 Å². The van der Waals surface area contributed by atoms with E-state index >= 15 is 0 Å². The van der Waals surface area contributed by atoms with Gasteiger partial charge in [0.1, 0.15) is 10.8 Å². The summed E-state index contributed by atoms with van der Waals surface area (Å²) in [6.45, 7) is 4.39. The molecule has 0 atom stereocenters. The minimum atomic E-state index is -0.139. The Bertz CT molecular complexity index is 1220. The number of fused-ring (bicyclic) bond motifs is 1. The van der Waals surface area contributed by atoms with E-state index in [1.165, 1.54) is 5.56 Å². The van der Waals surface area contributed by atoms with Crippen LogP contribution in [0.4, 0.5) is 0 Å². The van der Waals surface area contributed by atoms with Crippen LogP contribution in [0.1, 0.15) is 44.4 Å². The summed E-state index contributed by atoms with van der Waals surface area (Å²) in [6, 6.07) is 12.3. The molecule has 166 valence electrons. The quantitative estimate of drug-likeness (QED) is 0.158. The highest BCUT2D eigenvalue weighted by atomic mass is 35.5. The molecule has 0 spiro atoms. The number of thiophene rings is 1. The molecule has 0 aliphatic heterocycles. The highest BCUT2D eigenvalue weighted by Crippen LogP contribution is 2.38. The van der Waals surface area contributed by atoms with Gasteiger partial charge in [0.05, 0.1) is 17.0 Å². The number of carbonyl (C=O) groups excluding carboxylic acids is 1. The van der Waals surface area contributed by atoms with E-state index in [1.54, 1.807) is 17.5 Å². The van der Waals surface area contributed by atoms with E-state index in [0.717, 1.165) is 58.6 Å². The topological polar surface area (TPSA) is 56.5 Å². The molecule has 0 saturated heterocycles. The van der Waals surface area contributed by atoms with Crippen LogP contribution in [0, 0.1) is 0 Å². The van der Waals surface area contributed by atoms with Crippen LogP contribution in [-0.2, 0) is 22.4 Å². The molecule has 0 fully saturated rings. The average molecular weight is 468 g/mol. The number of esters is 1. The lowest BCUT2D eigenvalue weighted by Crippen LogP contribution is -2.07. The predicted octanol–water partition coefficient (Wildman–Crippen LogP) is 6.62. The number of rotatable bonds is 9. The second-order valence-electron chi connectivity index (χ2n) is 7.53. The van der Waals surface area contributed by atoms with Crippen LogP contribution in [0.5, 0.6) is 0 Å². The Morgan fingerprint density at radius 1 is 1.19 bits per heavy atom. The fraction of sp³-hybridized carbons (Fsp3) is 0.320. The molecule has 0 saturated carbocycles. The van der Waals surface area contributed by atoms with Gasteiger partial charge in [-0.3, -0.25) is 4.79 Å². The molecule has 0 aliphatic rings. The number of ether oxygens (including phenoxy) is 1. The summed E-state index contributed by atoms with van der Waals surface area (Å²) in [5, 5.41) is 7.63. The van der Waals surface area contributed by atoms with E-state index in [-0.39, 0.29) is 5.97 Å². The van der Waals surface area contributed by atoms with E-state index in [1.807, 2.05) is 19.1 Å². The van der Waals surface area contributed by atoms with Crippen molar-refractivity contribution < 1.29 is 9.53 Å². The van der Waals surface area contributed by atoms with Crippen LogP contribution in [-0.4, -0.2) is 27.2 Å². The van der Waals surface area contributed by atoms with Crippen LogP contribution in [0.25, 0.3) is 27.2 Å². The van der Waals surface area contributed by atoms with Gasteiger partial charge in [-0.05, 0) is 79.4 Å². The van der Waals surface area contributed by atoms with Crippen molar-refractivity contribution in [2.45, 2.75) is 46.0 Å². The van der Waals surface area contributed by atoms with Gasteiger partial charge in [-0.2, -0.15) is 5.10 Å². The van der Waals surface area contributed by atoms with Crippen molar-refractivity contribution in [2.75, 3.05) is 6.61 Å². The highest BCUT2D eigenvalue weighted by Gasteiger charge is 2.20. The van der Waals surface area contributed by atoms with Crippen LogP contribution in [0.15, 0.2) is 48.0 Å². The molecular weight excluding hydrogens is 442 g/mol. The number of pyridine rings is 1. The van der Waals surface area contributed by atoms with Gasteiger partial charge in [-0.15, -0.1) is 11.3 Å². The van der Waals surface area contributed by atoms with Gasteiger partial charge in [-0.1, -0.05) is 24.6 Å². The van der Waals surface area contributed by atoms with Crippen molar-refractivity contribution in [2.24, 2.45) is 0 Å². The van der Waals surface area contributed by atoms with Crippen LogP contribution in [0.2, 0.25) is 5.15 Å². The molecule has 0 radical (unpaired) electrons. The molecule has 4 aromatic rings. The second-order valence-corrected chi connectivity index (χ2v) is 8.87. The summed E-state index contributed by atoms with van der Waals surface area (Å²) in [5.41, 5.74) is 6.53. The first-order chi connectivity index (χ1) is 15.6. The van der Waals surface area contributed by atoms with Crippen molar-refractivity contribution in [3.05, 3.63) is 64.4 Å². The summed E-state index contributed by atoms with van der Waals surface area (Å²) in [4.78, 5) is 17.1. The van der Waals surface area contributed by atoms with Crippen molar-refractivity contribution in [1.29, 1.82) is 0 Å². The lowest BCUT2D eigenvalue weighted by atomic mass is 9.94. The number of hydrogen-bond donors (Lipinski definition) is 0. The molecule has 0 amide bonds. The number of halogens is 1. The van der Waals surface area contributed by atoms with Gasteiger partial charge < -0.3 is 4.74 Å². The Balaban J connectivity index is 1.84. The molecule has 0 aromatic carbocycles. The maximum Gasteiger partial charge on any atom is 0.305 e. The molecule has 4 heterocycles. The normalized spacial score (nSPS) is 11.2. The Labute approximate surface area is 197 Å². The van der Waals surface area contributed by atoms with Gasteiger partial charge in [-0.25, -0.2) is 9.50 Å². The largest absolute Gasteiger partial charge is 0.466 e. The van der Waals surface area contributed by atoms with E-state index < -0.39 is 0 Å². The first-order valence-corrected chi connectivity index (χ1v) is 12.2. The zero-order chi connectivity index (χ0) is 22.5. The van der Waals surface area contributed by atoms with Gasteiger partial charge in [0.25, 0.3) is 0 Å². The fourth-order valence-electron chi connectivity index (χ4n) is 4.02.